The van der Waals surface area contributed by atoms with Gasteiger partial charge < -0.3 is 15.5 Å². The van der Waals surface area contributed by atoms with Crippen LogP contribution in [0.5, 0.6) is 0 Å². The van der Waals surface area contributed by atoms with E-state index >= 15 is 0 Å². The lowest BCUT2D eigenvalue weighted by Crippen LogP contribution is -2.39. The minimum absolute atomic E-state index is 0.115. The molecule has 1 fully saturated rings. The van der Waals surface area contributed by atoms with Crippen molar-refractivity contribution in [1.82, 2.24) is 15.5 Å². The molecule has 1 amide bonds. The SMILES string of the molecule is CCNC(=NCc1cccc(C(F)(F)F)c1)NCCC(=O)N1CCCC1. The van der Waals surface area contributed by atoms with Crippen LogP contribution in [0.3, 0.4) is 0 Å². The van der Waals surface area contributed by atoms with Crippen LogP contribution in [0.25, 0.3) is 0 Å². The molecule has 0 atom stereocenters. The third-order valence-electron chi connectivity index (χ3n) is 4.11. The van der Waals surface area contributed by atoms with E-state index in [1.165, 1.54) is 6.07 Å². The molecule has 26 heavy (non-hydrogen) atoms. The summed E-state index contributed by atoms with van der Waals surface area (Å²) in [7, 11) is 0. The largest absolute Gasteiger partial charge is 0.416 e. The first kappa shape index (κ1) is 20.1. The maximum absolute atomic E-state index is 12.8. The number of aliphatic imine (C=N–C) groups is 1. The molecule has 0 radical (unpaired) electrons. The highest BCUT2D eigenvalue weighted by Gasteiger charge is 2.30. The molecule has 1 saturated heterocycles. The van der Waals surface area contributed by atoms with Crippen LogP contribution in [0, 0.1) is 0 Å². The van der Waals surface area contributed by atoms with Crippen molar-refractivity contribution in [1.29, 1.82) is 0 Å². The predicted molar refractivity (Wildman–Crippen MR) is 94.7 cm³/mol. The monoisotopic (exact) mass is 370 g/mol. The number of likely N-dealkylation sites (tertiary alicyclic amines) is 1. The summed E-state index contributed by atoms with van der Waals surface area (Å²) >= 11 is 0. The number of hydrogen-bond donors (Lipinski definition) is 2. The average Bonchev–Trinajstić information content (AvgIpc) is 3.14. The minimum atomic E-state index is -4.36. The molecule has 1 aromatic carbocycles. The summed E-state index contributed by atoms with van der Waals surface area (Å²) in [6, 6.07) is 5.13. The second-order valence-corrected chi connectivity index (χ2v) is 6.16. The van der Waals surface area contributed by atoms with Crippen molar-refractivity contribution in [2.45, 2.75) is 38.9 Å². The number of rotatable bonds is 6. The van der Waals surface area contributed by atoms with Crippen LogP contribution in [0.15, 0.2) is 29.3 Å². The van der Waals surface area contributed by atoms with Gasteiger partial charge >= 0.3 is 6.18 Å². The maximum Gasteiger partial charge on any atom is 0.416 e. The second kappa shape index (κ2) is 9.45. The van der Waals surface area contributed by atoms with E-state index in [0.29, 0.717) is 31.0 Å². The Balaban J connectivity index is 1.88. The van der Waals surface area contributed by atoms with Gasteiger partial charge in [-0.1, -0.05) is 12.1 Å². The Labute approximate surface area is 151 Å². The standard InChI is InChI=1S/C18H25F3N4O/c1-2-22-17(23-9-8-16(26)25-10-3-4-11-25)24-13-14-6-5-7-15(12-14)18(19,20)21/h5-7,12H,2-4,8-11,13H2,1H3,(H2,22,23,24). The number of nitrogens with one attached hydrogen (secondary N) is 2. The van der Waals surface area contributed by atoms with E-state index in [0.717, 1.165) is 38.1 Å². The zero-order valence-corrected chi connectivity index (χ0v) is 14.9. The second-order valence-electron chi connectivity index (χ2n) is 6.16. The summed E-state index contributed by atoms with van der Waals surface area (Å²) in [5.41, 5.74) is -0.204. The maximum atomic E-state index is 12.8. The molecule has 1 aliphatic rings. The van der Waals surface area contributed by atoms with Gasteiger partial charge in [0, 0.05) is 32.6 Å². The van der Waals surface area contributed by atoms with Crippen molar-refractivity contribution < 1.29 is 18.0 Å². The minimum Gasteiger partial charge on any atom is -0.357 e. The quantitative estimate of drug-likeness (QED) is 0.598. The number of halogens is 3. The van der Waals surface area contributed by atoms with Gasteiger partial charge in [0.05, 0.1) is 12.1 Å². The topological polar surface area (TPSA) is 56.7 Å². The highest BCUT2D eigenvalue weighted by molar-refractivity contribution is 5.81. The Morgan fingerprint density at radius 3 is 2.62 bits per heavy atom. The molecule has 144 valence electrons. The van der Waals surface area contributed by atoms with Gasteiger partial charge in [-0.15, -0.1) is 0 Å². The van der Waals surface area contributed by atoms with Crippen LogP contribution in [-0.4, -0.2) is 42.9 Å². The van der Waals surface area contributed by atoms with E-state index in [4.69, 9.17) is 0 Å². The summed E-state index contributed by atoms with van der Waals surface area (Å²) in [5.74, 6) is 0.600. The van der Waals surface area contributed by atoms with Gasteiger partial charge in [-0.25, -0.2) is 4.99 Å². The third kappa shape index (κ3) is 6.24. The van der Waals surface area contributed by atoms with Gasteiger partial charge in [0.1, 0.15) is 0 Å². The van der Waals surface area contributed by atoms with E-state index in [1.54, 1.807) is 6.07 Å². The molecule has 5 nitrogen and oxygen atoms in total. The highest BCUT2D eigenvalue weighted by atomic mass is 19.4. The Kier molecular flexibility index (Phi) is 7.29. The molecule has 1 aromatic rings. The molecule has 0 bridgehead atoms. The van der Waals surface area contributed by atoms with Crippen molar-refractivity contribution in [3.05, 3.63) is 35.4 Å². The third-order valence-corrected chi connectivity index (χ3v) is 4.11. The highest BCUT2D eigenvalue weighted by Crippen LogP contribution is 2.29. The molecule has 1 heterocycles. The van der Waals surface area contributed by atoms with Gasteiger partial charge in [0.25, 0.3) is 0 Å². The lowest BCUT2D eigenvalue weighted by Gasteiger charge is -2.16. The average molecular weight is 370 g/mol. The predicted octanol–water partition coefficient (Wildman–Crippen LogP) is 2.77. The van der Waals surface area contributed by atoms with Crippen LogP contribution in [-0.2, 0) is 17.5 Å². The van der Waals surface area contributed by atoms with Gasteiger partial charge in [-0.05, 0) is 37.5 Å². The lowest BCUT2D eigenvalue weighted by molar-refractivity contribution is -0.137. The summed E-state index contributed by atoms with van der Waals surface area (Å²) in [6.07, 6.45) is -1.88. The zero-order valence-electron chi connectivity index (χ0n) is 14.9. The molecule has 1 aliphatic heterocycles. The van der Waals surface area contributed by atoms with E-state index in [2.05, 4.69) is 15.6 Å². The van der Waals surface area contributed by atoms with E-state index in [1.807, 2.05) is 11.8 Å². The molecular formula is C18H25F3N4O. The number of carbonyl (C=O) groups excluding carboxylic acids is 1. The fourth-order valence-electron chi connectivity index (χ4n) is 2.77. The molecule has 2 N–H and O–H groups in total. The zero-order chi connectivity index (χ0) is 19.0. The number of guanidine groups is 1. The fraction of sp³-hybridized carbons (Fsp3) is 0.556. The molecule has 8 heteroatoms. The van der Waals surface area contributed by atoms with Gasteiger partial charge in [-0.2, -0.15) is 13.2 Å². The normalized spacial score (nSPS) is 15.2. The summed E-state index contributed by atoms with van der Waals surface area (Å²) in [4.78, 5) is 18.2. The molecule has 0 spiro atoms. The van der Waals surface area contributed by atoms with E-state index < -0.39 is 11.7 Å². The van der Waals surface area contributed by atoms with Crippen molar-refractivity contribution in [3.8, 4) is 0 Å². The molecule has 0 saturated carbocycles. The first-order valence-electron chi connectivity index (χ1n) is 8.86. The Hall–Kier alpha value is -2.25. The molecule has 0 unspecified atom stereocenters. The Morgan fingerprint density at radius 1 is 1.23 bits per heavy atom. The first-order chi connectivity index (χ1) is 12.4. The number of hydrogen-bond acceptors (Lipinski definition) is 2. The molecule has 0 aliphatic carbocycles. The van der Waals surface area contributed by atoms with Gasteiger partial charge in [0.2, 0.25) is 5.91 Å². The van der Waals surface area contributed by atoms with Crippen LogP contribution in [0.2, 0.25) is 0 Å². The van der Waals surface area contributed by atoms with Crippen LogP contribution >= 0.6 is 0 Å². The molecule has 0 aromatic heterocycles. The van der Waals surface area contributed by atoms with Crippen LogP contribution < -0.4 is 10.6 Å². The van der Waals surface area contributed by atoms with Crippen molar-refractivity contribution >= 4 is 11.9 Å². The van der Waals surface area contributed by atoms with Crippen molar-refractivity contribution in [3.63, 3.8) is 0 Å². The number of amides is 1. The smallest absolute Gasteiger partial charge is 0.357 e. The number of nitrogens with zero attached hydrogens (tertiary/aromatic N) is 2. The fourth-order valence-corrected chi connectivity index (χ4v) is 2.77. The number of benzene rings is 1. The Morgan fingerprint density at radius 2 is 1.96 bits per heavy atom. The van der Waals surface area contributed by atoms with Crippen molar-refractivity contribution in [2.24, 2.45) is 4.99 Å². The summed E-state index contributed by atoms with van der Waals surface area (Å²) in [6.45, 7) is 4.72. The van der Waals surface area contributed by atoms with Crippen molar-refractivity contribution in [2.75, 3.05) is 26.2 Å². The molecular weight excluding hydrogens is 345 g/mol. The first-order valence-corrected chi connectivity index (χ1v) is 8.86. The number of alkyl halides is 3. The van der Waals surface area contributed by atoms with E-state index in [9.17, 15) is 18.0 Å². The number of carbonyl (C=O) groups is 1. The summed E-state index contributed by atoms with van der Waals surface area (Å²) < 4.78 is 38.3. The van der Waals surface area contributed by atoms with Crippen LogP contribution in [0.4, 0.5) is 13.2 Å². The Bertz CT molecular complexity index is 625. The van der Waals surface area contributed by atoms with E-state index in [-0.39, 0.29) is 12.5 Å². The van der Waals surface area contributed by atoms with Crippen LogP contribution in [0.1, 0.15) is 37.3 Å². The summed E-state index contributed by atoms with van der Waals surface area (Å²) in [5, 5.41) is 6.09. The van der Waals surface area contributed by atoms with Gasteiger partial charge in [0.15, 0.2) is 5.96 Å². The van der Waals surface area contributed by atoms with Gasteiger partial charge in [-0.3, -0.25) is 4.79 Å². The lowest BCUT2D eigenvalue weighted by atomic mass is 10.1. The molecule has 2 rings (SSSR count).